The number of ether oxygens (including phenoxy) is 1. The summed E-state index contributed by atoms with van der Waals surface area (Å²) in [7, 11) is 3.43. The summed E-state index contributed by atoms with van der Waals surface area (Å²) in [5.41, 5.74) is 1.39. The molecule has 9 heteroatoms. The van der Waals surface area contributed by atoms with Crippen LogP contribution in [0, 0.1) is 5.82 Å². The smallest absolute Gasteiger partial charge is 0.248 e. The van der Waals surface area contributed by atoms with Crippen LogP contribution in [0.1, 0.15) is 37.7 Å². The van der Waals surface area contributed by atoms with Gasteiger partial charge in [0, 0.05) is 44.7 Å². The van der Waals surface area contributed by atoms with Gasteiger partial charge in [0.15, 0.2) is 0 Å². The summed E-state index contributed by atoms with van der Waals surface area (Å²) in [6, 6.07) is 7.69. The summed E-state index contributed by atoms with van der Waals surface area (Å²) in [6.07, 6.45) is 0.269. The fourth-order valence-electron chi connectivity index (χ4n) is 3.35. The molecule has 1 aromatic carbocycles. The van der Waals surface area contributed by atoms with Crippen molar-refractivity contribution in [2.24, 2.45) is 0 Å². The van der Waals surface area contributed by atoms with E-state index in [0.717, 1.165) is 5.69 Å². The Morgan fingerprint density at radius 2 is 2.03 bits per heavy atom. The van der Waals surface area contributed by atoms with Gasteiger partial charge in [-0.3, -0.25) is 9.59 Å². The van der Waals surface area contributed by atoms with E-state index in [4.69, 9.17) is 4.74 Å². The Bertz CT molecular complexity index is 935. The lowest BCUT2D eigenvalue weighted by atomic mass is 10.0. The molecule has 1 aliphatic heterocycles. The van der Waals surface area contributed by atoms with Crippen LogP contribution in [0.15, 0.2) is 30.3 Å². The van der Waals surface area contributed by atoms with Gasteiger partial charge in [0.1, 0.15) is 24.1 Å². The summed E-state index contributed by atoms with van der Waals surface area (Å²) >= 11 is 0. The Morgan fingerprint density at radius 1 is 1.32 bits per heavy atom. The minimum absolute atomic E-state index is 0.00347. The first-order valence-corrected chi connectivity index (χ1v) is 10.2. The first kappa shape index (κ1) is 22.6. The second-order valence-electron chi connectivity index (χ2n) is 7.84. The van der Waals surface area contributed by atoms with Crippen molar-refractivity contribution in [1.29, 1.82) is 0 Å². The number of carbonyl (C=O) groups excluding carboxylic acids is 2. The van der Waals surface area contributed by atoms with Crippen LogP contribution in [0.3, 0.4) is 0 Å². The Morgan fingerprint density at radius 3 is 2.68 bits per heavy atom. The van der Waals surface area contributed by atoms with Crippen molar-refractivity contribution < 1.29 is 18.7 Å². The third-order valence-electron chi connectivity index (χ3n) is 5.07. The SMILES string of the molecule is CNc1cc([C@@H]2CC(=O)N(c3ccc(F)cc3)C2)nc(CN(C)C(=O)COC(C)C)n1. The maximum Gasteiger partial charge on any atom is 0.248 e. The topological polar surface area (TPSA) is 87.7 Å². The molecule has 166 valence electrons. The number of hydrogen-bond acceptors (Lipinski definition) is 6. The lowest BCUT2D eigenvalue weighted by molar-refractivity contribution is -0.136. The Hall–Kier alpha value is -3.07. The van der Waals surface area contributed by atoms with Crippen LogP contribution >= 0.6 is 0 Å². The molecule has 1 N–H and O–H groups in total. The van der Waals surface area contributed by atoms with Gasteiger partial charge in [0.2, 0.25) is 11.8 Å². The number of anilines is 2. The molecule has 0 bridgehead atoms. The highest BCUT2D eigenvalue weighted by molar-refractivity contribution is 5.96. The third-order valence-corrected chi connectivity index (χ3v) is 5.07. The second-order valence-corrected chi connectivity index (χ2v) is 7.84. The molecule has 8 nitrogen and oxygen atoms in total. The molecule has 1 aliphatic rings. The predicted octanol–water partition coefficient (Wildman–Crippen LogP) is 2.56. The maximum absolute atomic E-state index is 13.2. The first-order chi connectivity index (χ1) is 14.8. The van der Waals surface area contributed by atoms with E-state index >= 15 is 0 Å². The standard InChI is InChI=1S/C22H28FN5O3/c1-14(2)31-13-22(30)27(4)12-20-25-18(10-19(24-3)26-20)15-9-21(29)28(11-15)17-7-5-16(23)6-8-17/h5-8,10,14-15H,9,11-13H2,1-4H3,(H,24,25,26)/t15-/m1/s1. The van der Waals surface area contributed by atoms with Crippen molar-refractivity contribution in [3.05, 3.63) is 47.7 Å². The fraction of sp³-hybridized carbons (Fsp3) is 0.455. The van der Waals surface area contributed by atoms with Crippen LogP contribution in [-0.4, -0.2) is 60.0 Å². The molecular weight excluding hydrogens is 401 g/mol. The zero-order valence-corrected chi connectivity index (χ0v) is 18.3. The average molecular weight is 429 g/mol. The van der Waals surface area contributed by atoms with Gasteiger partial charge in [0.25, 0.3) is 0 Å². The number of nitrogens with one attached hydrogen (secondary N) is 1. The van der Waals surface area contributed by atoms with Gasteiger partial charge in [-0.15, -0.1) is 0 Å². The van der Waals surface area contributed by atoms with E-state index in [2.05, 4.69) is 15.3 Å². The number of likely N-dealkylation sites (N-methyl/N-ethyl adjacent to an activating group) is 1. The number of carbonyl (C=O) groups is 2. The monoisotopic (exact) mass is 429 g/mol. The van der Waals surface area contributed by atoms with Crippen molar-refractivity contribution in [3.8, 4) is 0 Å². The van der Waals surface area contributed by atoms with E-state index in [1.807, 2.05) is 19.9 Å². The van der Waals surface area contributed by atoms with Gasteiger partial charge in [-0.1, -0.05) is 0 Å². The molecule has 0 saturated carbocycles. The second kappa shape index (κ2) is 9.82. The molecule has 1 aromatic heterocycles. The number of hydrogen-bond donors (Lipinski definition) is 1. The van der Waals surface area contributed by atoms with Gasteiger partial charge in [-0.05, 0) is 38.1 Å². The highest BCUT2D eigenvalue weighted by Gasteiger charge is 2.33. The normalized spacial score (nSPS) is 16.1. The van der Waals surface area contributed by atoms with Gasteiger partial charge < -0.3 is 19.9 Å². The first-order valence-electron chi connectivity index (χ1n) is 10.2. The molecule has 2 aromatic rings. The van der Waals surface area contributed by atoms with Crippen LogP contribution in [0.4, 0.5) is 15.9 Å². The molecule has 1 saturated heterocycles. The van der Waals surface area contributed by atoms with Crippen LogP contribution < -0.4 is 10.2 Å². The summed E-state index contributed by atoms with van der Waals surface area (Å²) in [4.78, 5) is 37.1. The molecule has 31 heavy (non-hydrogen) atoms. The lowest BCUT2D eigenvalue weighted by Gasteiger charge is -2.19. The van der Waals surface area contributed by atoms with E-state index in [1.165, 1.54) is 17.0 Å². The molecule has 0 unspecified atom stereocenters. The van der Waals surface area contributed by atoms with Crippen LogP contribution in [0.5, 0.6) is 0 Å². The highest BCUT2D eigenvalue weighted by Crippen LogP contribution is 2.31. The molecule has 2 amide bonds. The number of halogens is 1. The van der Waals surface area contributed by atoms with Crippen molar-refractivity contribution in [2.45, 2.75) is 38.8 Å². The summed E-state index contributed by atoms with van der Waals surface area (Å²) in [5, 5.41) is 3.01. The van der Waals surface area contributed by atoms with Crippen molar-refractivity contribution in [1.82, 2.24) is 14.9 Å². The molecule has 2 heterocycles. The number of nitrogens with zero attached hydrogens (tertiary/aromatic N) is 4. The molecule has 1 fully saturated rings. The minimum Gasteiger partial charge on any atom is -0.373 e. The van der Waals surface area contributed by atoms with Crippen molar-refractivity contribution in [3.63, 3.8) is 0 Å². The number of amides is 2. The summed E-state index contributed by atoms with van der Waals surface area (Å²) in [5.74, 6) is 0.426. The molecule has 0 radical (unpaired) electrons. The number of benzene rings is 1. The van der Waals surface area contributed by atoms with Crippen LogP contribution in [-0.2, 0) is 20.9 Å². The van der Waals surface area contributed by atoms with E-state index < -0.39 is 0 Å². The zero-order chi connectivity index (χ0) is 22.5. The van der Waals surface area contributed by atoms with Crippen LogP contribution in [0.25, 0.3) is 0 Å². The van der Waals surface area contributed by atoms with Gasteiger partial charge >= 0.3 is 0 Å². The molecular formula is C22H28FN5O3. The largest absolute Gasteiger partial charge is 0.373 e. The van der Waals surface area contributed by atoms with Gasteiger partial charge in [-0.25, -0.2) is 14.4 Å². The number of rotatable bonds is 8. The Labute approximate surface area is 181 Å². The third kappa shape index (κ3) is 5.75. The lowest BCUT2D eigenvalue weighted by Crippen LogP contribution is -2.31. The van der Waals surface area contributed by atoms with Gasteiger partial charge in [-0.2, -0.15) is 0 Å². The summed E-state index contributed by atoms with van der Waals surface area (Å²) in [6.45, 7) is 4.41. The predicted molar refractivity (Wildman–Crippen MR) is 115 cm³/mol. The quantitative estimate of drug-likeness (QED) is 0.694. The van der Waals surface area contributed by atoms with E-state index in [1.54, 1.807) is 31.1 Å². The van der Waals surface area contributed by atoms with Crippen LogP contribution in [0.2, 0.25) is 0 Å². The van der Waals surface area contributed by atoms with E-state index in [0.29, 0.717) is 30.3 Å². The molecule has 3 rings (SSSR count). The Kier molecular flexibility index (Phi) is 7.17. The zero-order valence-electron chi connectivity index (χ0n) is 18.3. The Balaban J connectivity index is 1.75. The van der Waals surface area contributed by atoms with E-state index in [-0.39, 0.29) is 42.8 Å². The maximum atomic E-state index is 13.2. The fourth-order valence-corrected chi connectivity index (χ4v) is 3.35. The number of aromatic nitrogens is 2. The molecule has 0 aliphatic carbocycles. The minimum atomic E-state index is -0.344. The molecule has 1 atom stereocenters. The highest BCUT2D eigenvalue weighted by atomic mass is 19.1. The van der Waals surface area contributed by atoms with Crippen molar-refractivity contribution in [2.75, 3.05) is 37.5 Å². The molecule has 0 spiro atoms. The average Bonchev–Trinajstić information content (AvgIpc) is 3.13. The van der Waals surface area contributed by atoms with Gasteiger partial charge in [0.05, 0.1) is 18.3 Å². The van der Waals surface area contributed by atoms with E-state index in [9.17, 15) is 14.0 Å². The summed E-state index contributed by atoms with van der Waals surface area (Å²) < 4.78 is 18.6. The van der Waals surface area contributed by atoms with Crippen molar-refractivity contribution >= 4 is 23.3 Å².